The lowest BCUT2D eigenvalue weighted by Crippen LogP contribution is -2.01. The molecule has 0 saturated heterocycles. The highest BCUT2D eigenvalue weighted by Gasteiger charge is 2.06. The van der Waals surface area contributed by atoms with E-state index in [1.165, 1.54) is 6.07 Å². The maximum absolute atomic E-state index is 11.3. The minimum atomic E-state index is -0.650. The van der Waals surface area contributed by atoms with Crippen LogP contribution < -0.4 is 0 Å². The van der Waals surface area contributed by atoms with Gasteiger partial charge in [0.15, 0.2) is 0 Å². The molecule has 1 aromatic carbocycles. The van der Waals surface area contributed by atoms with E-state index in [4.69, 9.17) is 16.9 Å². The quantitative estimate of drug-likeness (QED) is 0.438. The van der Waals surface area contributed by atoms with E-state index in [1.807, 2.05) is 6.92 Å². The van der Waals surface area contributed by atoms with Crippen LogP contribution in [0, 0.1) is 18.3 Å². The number of hydrogen-bond donors (Lipinski definition) is 0. The molecule has 0 fully saturated rings. The van der Waals surface area contributed by atoms with Crippen molar-refractivity contribution in [3.63, 3.8) is 0 Å². The minimum Gasteiger partial charge on any atom is -0.311 e. The zero-order valence-electron chi connectivity index (χ0n) is 7.90. The Morgan fingerprint density at radius 2 is 2.07 bits per heavy atom. The van der Waals surface area contributed by atoms with Crippen molar-refractivity contribution in [3.05, 3.63) is 35.4 Å². The summed E-state index contributed by atoms with van der Waals surface area (Å²) in [6, 6.07) is 8.27. The van der Waals surface area contributed by atoms with E-state index in [9.17, 15) is 4.79 Å². The average molecular weight is 223 g/mol. The first kappa shape index (κ1) is 11.2. The third-order valence-electron chi connectivity index (χ3n) is 1.59. The lowest BCUT2D eigenvalue weighted by molar-refractivity contribution is 0.0518. The van der Waals surface area contributed by atoms with Crippen LogP contribution in [-0.2, 0) is 4.84 Å². The Labute approximate surface area is 91.7 Å². The standard InChI is InChI=1S/C10H7ClN2O2/c1-7-2-4-8(5-3-7)10(14)15-13-9(11)6-12/h2-5H,1H3/b13-9-. The molecule has 4 nitrogen and oxygen atoms in total. The number of halogens is 1. The Bertz CT molecular complexity index is 432. The molecule has 0 heterocycles. The number of benzene rings is 1. The monoisotopic (exact) mass is 222 g/mol. The van der Waals surface area contributed by atoms with E-state index < -0.39 is 11.1 Å². The van der Waals surface area contributed by atoms with Gasteiger partial charge in [0.2, 0.25) is 5.17 Å². The molecule has 5 heteroatoms. The lowest BCUT2D eigenvalue weighted by atomic mass is 10.2. The van der Waals surface area contributed by atoms with Crippen LogP contribution >= 0.6 is 11.6 Å². The molecule has 1 rings (SSSR count). The summed E-state index contributed by atoms with van der Waals surface area (Å²) in [5.41, 5.74) is 1.39. The summed E-state index contributed by atoms with van der Waals surface area (Å²) < 4.78 is 0. The first-order chi connectivity index (χ1) is 7.13. The summed E-state index contributed by atoms with van der Waals surface area (Å²) in [4.78, 5) is 15.7. The third kappa shape index (κ3) is 3.41. The van der Waals surface area contributed by atoms with Gasteiger partial charge in [-0.1, -0.05) is 22.9 Å². The van der Waals surface area contributed by atoms with E-state index >= 15 is 0 Å². The second kappa shape index (κ2) is 5.13. The molecule has 0 radical (unpaired) electrons. The van der Waals surface area contributed by atoms with E-state index in [1.54, 1.807) is 24.3 Å². The number of carbonyl (C=O) groups is 1. The predicted molar refractivity (Wildman–Crippen MR) is 55.5 cm³/mol. The first-order valence-corrected chi connectivity index (χ1v) is 4.43. The molecular formula is C10H7ClN2O2. The van der Waals surface area contributed by atoms with E-state index in [0.717, 1.165) is 5.56 Å². The van der Waals surface area contributed by atoms with Crippen molar-refractivity contribution in [2.45, 2.75) is 6.92 Å². The Morgan fingerprint density at radius 3 is 2.60 bits per heavy atom. The Hall–Kier alpha value is -1.86. The van der Waals surface area contributed by atoms with Crippen molar-refractivity contribution >= 4 is 22.7 Å². The van der Waals surface area contributed by atoms with Gasteiger partial charge in [0.1, 0.15) is 6.07 Å². The van der Waals surface area contributed by atoms with Gasteiger partial charge < -0.3 is 4.84 Å². The second-order valence-electron chi connectivity index (χ2n) is 2.74. The Balaban J connectivity index is 2.71. The highest BCUT2D eigenvalue weighted by molar-refractivity contribution is 6.69. The van der Waals surface area contributed by atoms with E-state index in [-0.39, 0.29) is 0 Å². The summed E-state index contributed by atoms with van der Waals surface area (Å²) in [5.74, 6) is -0.650. The van der Waals surface area contributed by atoms with Crippen molar-refractivity contribution in [1.29, 1.82) is 5.26 Å². The van der Waals surface area contributed by atoms with Crippen LogP contribution in [0.5, 0.6) is 0 Å². The van der Waals surface area contributed by atoms with Gasteiger partial charge in [0, 0.05) is 0 Å². The topological polar surface area (TPSA) is 62.4 Å². The number of carbonyl (C=O) groups excluding carboxylic acids is 1. The highest BCUT2D eigenvalue weighted by Crippen LogP contribution is 2.05. The number of oxime groups is 1. The largest absolute Gasteiger partial charge is 0.365 e. The normalized spacial score (nSPS) is 10.6. The van der Waals surface area contributed by atoms with Crippen LogP contribution in [0.2, 0.25) is 0 Å². The van der Waals surface area contributed by atoms with Gasteiger partial charge in [0.25, 0.3) is 0 Å². The fourth-order valence-electron chi connectivity index (χ4n) is 0.844. The van der Waals surface area contributed by atoms with Gasteiger partial charge in [-0.05, 0) is 30.7 Å². The molecule has 76 valence electrons. The van der Waals surface area contributed by atoms with E-state index in [0.29, 0.717) is 5.56 Å². The van der Waals surface area contributed by atoms with Crippen LogP contribution in [0.4, 0.5) is 0 Å². The summed E-state index contributed by atoms with van der Waals surface area (Å²) in [5, 5.41) is 10.9. The fraction of sp³-hybridized carbons (Fsp3) is 0.100. The molecule has 0 aliphatic carbocycles. The fourth-order valence-corrected chi connectivity index (χ4v) is 0.879. The van der Waals surface area contributed by atoms with Gasteiger partial charge in [0.05, 0.1) is 5.56 Å². The number of hydrogen-bond acceptors (Lipinski definition) is 4. The molecule has 0 aliphatic rings. The molecular weight excluding hydrogens is 216 g/mol. The molecule has 0 N–H and O–H groups in total. The van der Waals surface area contributed by atoms with Crippen molar-refractivity contribution in [3.8, 4) is 6.07 Å². The predicted octanol–water partition coefficient (Wildman–Crippen LogP) is 2.23. The molecule has 0 bridgehead atoms. The van der Waals surface area contributed by atoms with Crippen molar-refractivity contribution < 1.29 is 9.63 Å². The lowest BCUT2D eigenvalue weighted by Gasteiger charge is -1.97. The second-order valence-corrected chi connectivity index (χ2v) is 3.10. The highest BCUT2D eigenvalue weighted by atomic mass is 35.5. The molecule has 0 aromatic heterocycles. The number of nitriles is 1. The molecule has 0 spiro atoms. The van der Waals surface area contributed by atoms with Gasteiger partial charge in [-0.25, -0.2) is 4.79 Å². The maximum atomic E-state index is 11.3. The van der Waals surface area contributed by atoms with Gasteiger partial charge in [-0.3, -0.25) is 0 Å². The van der Waals surface area contributed by atoms with Crippen LogP contribution in [0.25, 0.3) is 0 Å². The third-order valence-corrected chi connectivity index (χ3v) is 1.74. The summed E-state index contributed by atoms with van der Waals surface area (Å²) >= 11 is 5.23. The molecule has 0 saturated carbocycles. The number of rotatable bonds is 2. The Morgan fingerprint density at radius 1 is 1.47 bits per heavy atom. The van der Waals surface area contributed by atoms with Gasteiger partial charge in [-0.2, -0.15) is 5.26 Å². The summed E-state index contributed by atoms with van der Waals surface area (Å²) in [6.45, 7) is 1.90. The Kier molecular flexibility index (Phi) is 3.83. The zero-order valence-corrected chi connectivity index (χ0v) is 8.65. The molecule has 15 heavy (non-hydrogen) atoms. The molecule has 0 unspecified atom stereocenters. The van der Waals surface area contributed by atoms with Crippen LogP contribution in [0.3, 0.4) is 0 Å². The van der Waals surface area contributed by atoms with Crippen LogP contribution in [0.1, 0.15) is 15.9 Å². The summed E-state index contributed by atoms with van der Waals surface area (Å²) in [6.07, 6.45) is 0. The maximum Gasteiger partial charge on any atom is 0.365 e. The van der Waals surface area contributed by atoms with Crippen molar-refractivity contribution in [2.24, 2.45) is 5.16 Å². The minimum absolute atomic E-state index is 0.353. The van der Waals surface area contributed by atoms with Crippen molar-refractivity contribution in [2.75, 3.05) is 0 Å². The number of aryl methyl sites for hydroxylation is 1. The molecule has 1 aromatic rings. The number of nitrogens with zero attached hydrogens (tertiary/aromatic N) is 2. The molecule has 0 aliphatic heterocycles. The van der Waals surface area contributed by atoms with Gasteiger partial charge >= 0.3 is 5.97 Å². The van der Waals surface area contributed by atoms with Crippen molar-refractivity contribution in [1.82, 2.24) is 0 Å². The molecule has 0 atom stereocenters. The smallest absolute Gasteiger partial charge is 0.311 e. The van der Waals surface area contributed by atoms with Crippen LogP contribution in [-0.4, -0.2) is 11.1 Å². The van der Waals surface area contributed by atoms with E-state index in [2.05, 4.69) is 9.99 Å². The first-order valence-electron chi connectivity index (χ1n) is 4.05. The summed E-state index contributed by atoms with van der Waals surface area (Å²) in [7, 11) is 0. The van der Waals surface area contributed by atoms with Gasteiger partial charge in [-0.15, -0.1) is 0 Å². The van der Waals surface area contributed by atoms with Crippen LogP contribution in [0.15, 0.2) is 29.4 Å². The molecule has 0 amide bonds. The zero-order chi connectivity index (χ0) is 11.3. The average Bonchev–Trinajstić information content (AvgIpc) is 2.26. The SMILES string of the molecule is Cc1ccc(C(=O)O/N=C(\Cl)C#N)cc1.